The minimum Gasteiger partial charge on any atom is -0.484 e. The lowest BCUT2D eigenvalue weighted by Crippen LogP contribution is -2.05. The summed E-state index contributed by atoms with van der Waals surface area (Å²) in [5, 5.41) is 11.8. The summed E-state index contributed by atoms with van der Waals surface area (Å²) in [6, 6.07) is 32.1. The molecule has 31 heavy (non-hydrogen) atoms. The molecule has 154 valence electrons. The lowest BCUT2D eigenvalue weighted by Gasteiger charge is -2.17. The fourth-order valence-corrected chi connectivity index (χ4v) is 3.28. The minimum atomic E-state index is -0.440. The molecule has 5 nitrogen and oxygen atoms in total. The van der Waals surface area contributed by atoms with Gasteiger partial charge in [0.1, 0.15) is 13.2 Å². The third-order valence-corrected chi connectivity index (χ3v) is 4.82. The standard InChI is InChI=1S/C26H21NO4/c28-27(29)24-17-16-23(22-14-8-3-9-15-22)25(30-18-20-10-4-1-5-11-20)26(24)31-19-21-12-6-2-7-13-21/h1-17H,18-19H2. The second kappa shape index (κ2) is 9.59. The van der Waals surface area contributed by atoms with E-state index in [2.05, 4.69) is 0 Å². The normalized spacial score (nSPS) is 10.5. The Labute approximate surface area is 180 Å². The molecule has 4 aromatic rings. The van der Waals surface area contributed by atoms with Crippen molar-refractivity contribution in [1.29, 1.82) is 0 Å². The van der Waals surface area contributed by atoms with Crippen molar-refractivity contribution < 1.29 is 14.4 Å². The van der Waals surface area contributed by atoms with Crippen molar-refractivity contribution in [3.8, 4) is 22.6 Å². The molecular weight excluding hydrogens is 390 g/mol. The highest BCUT2D eigenvalue weighted by Gasteiger charge is 2.25. The first kappa shape index (κ1) is 20.2. The van der Waals surface area contributed by atoms with E-state index in [4.69, 9.17) is 9.47 Å². The highest BCUT2D eigenvalue weighted by atomic mass is 16.6. The Morgan fingerprint density at radius 3 is 1.61 bits per heavy atom. The van der Waals surface area contributed by atoms with E-state index in [-0.39, 0.29) is 24.7 Å². The molecule has 4 rings (SSSR count). The number of ether oxygens (including phenoxy) is 2. The average Bonchev–Trinajstić information content (AvgIpc) is 2.83. The predicted molar refractivity (Wildman–Crippen MR) is 120 cm³/mol. The van der Waals surface area contributed by atoms with Crippen molar-refractivity contribution in [2.75, 3.05) is 0 Å². The molecule has 0 bridgehead atoms. The van der Waals surface area contributed by atoms with E-state index in [1.165, 1.54) is 6.07 Å². The van der Waals surface area contributed by atoms with Gasteiger partial charge in [-0.2, -0.15) is 0 Å². The van der Waals surface area contributed by atoms with Gasteiger partial charge in [-0.1, -0.05) is 91.0 Å². The molecule has 0 aromatic heterocycles. The molecule has 0 atom stereocenters. The summed E-state index contributed by atoms with van der Waals surface area (Å²) in [6.45, 7) is 0.463. The fourth-order valence-electron chi connectivity index (χ4n) is 3.28. The maximum atomic E-state index is 11.8. The van der Waals surface area contributed by atoms with Gasteiger partial charge < -0.3 is 9.47 Å². The van der Waals surface area contributed by atoms with Crippen LogP contribution in [0.5, 0.6) is 11.5 Å². The molecule has 0 aliphatic rings. The molecule has 0 fully saturated rings. The Bertz CT molecular complexity index is 1150. The maximum absolute atomic E-state index is 11.8. The zero-order valence-electron chi connectivity index (χ0n) is 16.8. The number of hydrogen-bond donors (Lipinski definition) is 0. The van der Waals surface area contributed by atoms with Crippen LogP contribution in [0.15, 0.2) is 103 Å². The van der Waals surface area contributed by atoms with E-state index in [1.807, 2.05) is 91.0 Å². The first-order chi connectivity index (χ1) is 15.2. The van der Waals surface area contributed by atoms with Gasteiger partial charge in [-0.25, -0.2) is 0 Å². The van der Waals surface area contributed by atoms with E-state index >= 15 is 0 Å². The molecule has 0 aliphatic heterocycles. The van der Waals surface area contributed by atoms with E-state index in [1.54, 1.807) is 6.07 Å². The van der Waals surface area contributed by atoms with Crippen LogP contribution in [-0.4, -0.2) is 4.92 Å². The van der Waals surface area contributed by atoms with E-state index < -0.39 is 4.92 Å². The van der Waals surface area contributed by atoms with E-state index in [9.17, 15) is 10.1 Å². The summed E-state index contributed by atoms with van der Waals surface area (Å²) < 4.78 is 12.2. The number of nitro groups is 1. The Balaban J connectivity index is 1.77. The number of hydrogen-bond acceptors (Lipinski definition) is 4. The molecule has 0 amide bonds. The SMILES string of the molecule is O=[N+]([O-])c1ccc(-c2ccccc2)c(OCc2ccccc2)c1OCc1ccccc1. The second-order valence-electron chi connectivity index (χ2n) is 6.96. The maximum Gasteiger partial charge on any atom is 0.314 e. The molecule has 0 saturated heterocycles. The quantitative estimate of drug-likeness (QED) is 0.248. The third kappa shape index (κ3) is 4.90. The summed E-state index contributed by atoms with van der Waals surface area (Å²) >= 11 is 0. The topological polar surface area (TPSA) is 61.6 Å². The summed E-state index contributed by atoms with van der Waals surface area (Å²) in [7, 11) is 0. The van der Waals surface area contributed by atoms with Crippen LogP contribution < -0.4 is 9.47 Å². The van der Waals surface area contributed by atoms with Crippen molar-refractivity contribution in [2.24, 2.45) is 0 Å². The van der Waals surface area contributed by atoms with Crippen molar-refractivity contribution in [1.82, 2.24) is 0 Å². The van der Waals surface area contributed by atoms with Crippen LogP contribution in [0.4, 0.5) is 5.69 Å². The first-order valence-corrected chi connectivity index (χ1v) is 9.92. The Morgan fingerprint density at radius 2 is 1.10 bits per heavy atom. The first-order valence-electron chi connectivity index (χ1n) is 9.92. The van der Waals surface area contributed by atoms with Crippen molar-refractivity contribution in [3.05, 3.63) is 124 Å². The van der Waals surface area contributed by atoms with Crippen molar-refractivity contribution in [3.63, 3.8) is 0 Å². The van der Waals surface area contributed by atoms with Crippen LogP contribution in [-0.2, 0) is 13.2 Å². The van der Waals surface area contributed by atoms with Crippen molar-refractivity contribution in [2.45, 2.75) is 13.2 Å². The molecule has 0 spiro atoms. The van der Waals surface area contributed by atoms with Gasteiger partial charge >= 0.3 is 5.69 Å². The van der Waals surface area contributed by atoms with Crippen LogP contribution in [0.2, 0.25) is 0 Å². The van der Waals surface area contributed by atoms with Gasteiger partial charge in [0, 0.05) is 11.6 Å². The Kier molecular flexibility index (Phi) is 6.24. The molecule has 0 N–H and O–H groups in total. The third-order valence-electron chi connectivity index (χ3n) is 4.82. The number of nitro benzene ring substituents is 1. The van der Waals surface area contributed by atoms with Gasteiger partial charge in [-0.3, -0.25) is 10.1 Å². The second-order valence-corrected chi connectivity index (χ2v) is 6.96. The van der Waals surface area contributed by atoms with Crippen LogP contribution in [0.1, 0.15) is 11.1 Å². The molecular formula is C26H21NO4. The summed E-state index contributed by atoms with van der Waals surface area (Å²) in [5.74, 6) is 0.492. The molecule has 0 aliphatic carbocycles. The predicted octanol–water partition coefficient (Wildman–Crippen LogP) is 6.42. The van der Waals surface area contributed by atoms with Gasteiger partial charge in [0.05, 0.1) is 4.92 Å². The monoisotopic (exact) mass is 411 g/mol. The zero-order chi connectivity index (χ0) is 21.5. The number of nitrogens with zero attached hydrogens (tertiary/aromatic N) is 1. The summed E-state index contributed by atoms with van der Waals surface area (Å²) in [6.07, 6.45) is 0. The van der Waals surface area contributed by atoms with Gasteiger partial charge in [-0.15, -0.1) is 0 Å². The summed E-state index contributed by atoms with van der Waals surface area (Å²) in [5.41, 5.74) is 3.38. The number of rotatable bonds is 8. The van der Waals surface area contributed by atoms with Crippen LogP contribution in [0.3, 0.4) is 0 Å². The Hall–Kier alpha value is -4.12. The minimum absolute atomic E-state index is 0.126. The van der Waals surface area contributed by atoms with Crippen LogP contribution in [0.25, 0.3) is 11.1 Å². The highest BCUT2D eigenvalue weighted by Crippen LogP contribution is 2.45. The molecule has 0 saturated carbocycles. The largest absolute Gasteiger partial charge is 0.484 e. The molecule has 4 aromatic carbocycles. The molecule has 5 heteroatoms. The smallest absolute Gasteiger partial charge is 0.314 e. The van der Waals surface area contributed by atoms with Crippen LogP contribution in [0, 0.1) is 10.1 Å². The summed E-state index contributed by atoms with van der Waals surface area (Å²) in [4.78, 5) is 11.3. The van der Waals surface area contributed by atoms with E-state index in [0.717, 1.165) is 22.3 Å². The number of benzene rings is 4. The van der Waals surface area contributed by atoms with Crippen molar-refractivity contribution >= 4 is 5.69 Å². The lowest BCUT2D eigenvalue weighted by molar-refractivity contribution is -0.386. The zero-order valence-corrected chi connectivity index (χ0v) is 16.8. The van der Waals surface area contributed by atoms with Gasteiger partial charge in [0.25, 0.3) is 0 Å². The average molecular weight is 411 g/mol. The van der Waals surface area contributed by atoms with Gasteiger partial charge in [-0.05, 0) is 22.8 Å². The molecule has 0 heterocycles. The highest BCUT2D eigenvalue weighted by molar-refractivity contribution is 5.77. The molecule has 0 unspecified atom stereocenters. The van der Waals surface area contributed by atoms with Crippen LogP contribution >= 0.6 is 0 Å². The fraction of sp³-hybridized carbons (Fsp3) is 0.0769. The molecule has 0 radical (unpaired) electrons. The lowest BCUT2D eigenvalue weighted by atomic mass is 10.0. The van der Waals surface area contributed by atoms with Gasteiger partial charge in [0.15, 0.2) is 5.75 Å². The van der Waals surface area contributed by atoms with E-state index in [0.29, 0.717) is 5.75 Å². The van der Waals surface area contributed by atoms with Gasteiger partial charge in [0.2, 0.25) is 5.75 Å². The Morgan fingerprint density at radius 1 is 0.613 bits per heavy atom.